The van der Waals surface area contributed by atoms with E-state index in [1.165, 1.54) is 0 Å². The van der Waals surface area contributed by atoms with Crippen LogP contribution < -0.4 is 11.1 Å². The van der Waals surface area contributed by atoms with Gasteiger partial charge in [0.15, 0.2) is 0 Å². The van der Waals surface area contributed by atoms with E-state index in [1.807, 2.05) is 6.92 Å². The number of aromatic nitrogens is 1. The number of nitrogens with zero attached hydrogens (tertiary/aromatic N) is 1. The number of nitrogens with one attached hydrogen (secondary N) is 1. The third-order valence-corrected chi connectivity index (χ3v) is 2.83. The molecule has 1 amide bonds. The molecule has 0 unspecified atom stereocenters. The van der Waals surface area contributed by atoms with E-state index in [-0.39, 0.29) is 5.91 Å². The van der Waals surface area contributed by atoms with Crippen molar-refractivity contribution in [2.75, 3.05) is 6.54 Å². The first-order valence-electron chi connectivity index (χ1n) is 4.59. The van der Waals surface area contributed by atoms with E-state index in [4.69, 9.17) is 5.73 Å². The van der Waals surface area contributed by atoms with Crippen LogP contribution in [0.2, 0.25) is 0 Å². The van der Waals surface area contributed by atoms with Gasteiger partial charge in [0, 0.05) is 11.3 Å². The molecule has 3 N–H and O–H groups in total. The normalized spacial score (nSPS) is 10.1. The molecule has 0 fully saturated rings. The van der Waals surface area contributed by atoms with Crippen LogP contribution in [0.5, 0.6) is 0 Å². The lowest BCUT2D eigenvalue weighted by Gasteiger charge is -2.02. The van der Waals surface area contributed by atoms with Crippen LogP contribution in [0.4, 0.5) is 0 Å². The molecule has 0 aromatic carbocycles. The number of thiazole rings is 1. The van der Waals surface area contributed by atoms with E-state index in [0.29, 0.717) is 19.5 Å². The number of hydrogen-bond acceptors (Lipinski definition) is 4. The number of hydrogen-bond donors (Lipinski definition) is 2. The van der Waals surface area contributed by atoms with E-state index in [0.717, 1.165) is 17.0 Å². The largest absolute Gasteiger partial charge is 0.351 e. The zero-order chi connectivity index (χ0) is 10.4. The molecule has 78 valence electrons. The molecule has 0 radical (unpaired) electrons. The minimum absolute atomic E-state index is 0.0586. The predicted molar refractivity (Wildman–Crippen MR) is 57.0 cm³/mol. The zero-order valence-electron chi connectivity index (χ0n) is 8.25. The summed E-state index contributed by atoms with van der Waals surface area (Å²) in [6, 6.07) is 0. The Morgan fingerprint density at radius 1 is 1.71 bits per heavy atom. The maximum Gasteiger partial charge on any atom is 0.220 e. The van der Waals surface area contributed by atoms with Gasteiger partial charge in [-0.05, 0) is 19.9 Å². The molecule has 0 bridgehead atoms. The van der Waals surface area contributed by atoms with Crippen LogP contribution in [0, 0.1) is 6.92 Å². The SMILES string of the molecule is Cc1ncsc1CNC(=O)CCCN. The van der Waals surface area contributed by atoms with Crippen molar-refractivity contribution in [3.05, 3.63) is 16.1 Å². The molecule has 14 heavy (non-hydrogen) atoms. The lowest BCUT2D eigenvalue weighted by molar-refractivity contribution is -0.121. The summed E-state index contributed by atoms with van der Waals surface area (Å²) in [7, 11) is 0. The van der Waals surface area contributed by atoms with Gasteiger partial charge >= 0.3 is 0 Å². The molecule has 0 spiro atoms. The number of amides is 1. The maximum absolute atomic E-state index is 11.2. The van der Waals surface area contributed by atoms with Crippen LogP contribution in [0.15, 0.2) is 5.51 Å². The van der Waals surface area contributed by atoms with Gasteiger partial charge in [-0.25, -0.2) is 4.98 Å². The van der Waals surface area contributed by atoms with Gasteiger partial charge in [0.1, 0.15) is 0 Å². The van der Waals surface area contributed by atoms with Crippen molar-refractivity contribution in [2.45, 2.75) is 26.3 Å². The van der Waals surface area contributed by atoms with Crippen molar-refractivity contribution < 1.29 is 4.79 Å². The summed E-state index contributed by atoms with van der Waals surface area (Å²) in [6.45, 7) is 3.09. The van der Waals surface area contributed by atoms with Crippen molar-refractivity contribution >= 4 is 17.2 Å². The van der Waals surface area contributed by atoms with Gasteiger partial charge in [0.2, 0.25) is 5.91 Å². The molecule has 0 aliphatic rings. The fourth-order valence-electron chi connectivity index (χ4n) is 1.03. The number of aryl methyl sites for hydroxylation is 1. The third-order valence-electron chi connectivity index (χ3n) is 1.90. The van der Waals surface area contributed by atoms with Crippen LogP contribution in [0.25, 0.3) is 0 Å². The van der Waals surface area contributed by atoms with Gasteiger partial charge in [-0.3, -0.25) is 4.79 Å². The summed E-state index contributed by atoms with van der Waals surface area (Å²) >= 11 is 1.56. The molecule has 1 heterocycles. The smallest absolute Gasteiger partial charge is 0.220 e. The van der Waals surface area contributed by atoms with Crippen LogP contribution in [-0.2, 0) is 11.3 Å². The van der Waals surface area contributed by atoms with E-state index in [1.54, 1.807) is 16.8 Å². The van der Waals surface area contributed by atoms with Gasteiger partial charge in [0.25, 0.3) is 0 Å². The molecular weight excluding hydrogens is 198 g/mol. The minimum atomic E-state index is 0.0586. The Hall–Kier alpha value is -0.940. The van der Waals surface area contributed by atoms with Gasteiger partial charge in [-0.2, -0.15) is 0 Å². The number of nitrogens with two attached hydrogens (primary N) is 1. The molecule has 1 aromatic rings. The van der Waals surface area contributed by atoms with E-state index in [2.05, 4.69) is 10.3 Å². The highest BCUT2D eigenvalue weighted by Gasteiger charge is 2.03. The van der Waals surface area contributed by atoms with E-state index in [9.17, 15) is 4.79 Å². The Kier molecular flexibility index (Phi) is 4.55. The highest BCUT2D eigenvalue weighted by atomic mass is 32.1. The average Bonchev–Trinajstić information content (AvgIpc) is 2.58. The minimum Gasteiger partial charge on any atom is -0.351 e. The second kappa shape index (κ2) is 5.72. The highest BCUT2D eigenvalue weighted by molar-refractivity contribution is 7.09. The van der Waals surface area contributed by atoms with Crippen LogP contribution >= 0.6 is 11.3 Å². The molecule has 0 saturated carbocycles. The lowest BCUT2D eigenvalue weighted by Crippen LogP contribution is -2.23. The summed E-state index contributed by atoms with van der Waals surface area (Å²) < 4.78 is 0. The third kappa shape index (κ3) is 3.43. The average molecular weight is 213 g/mol. The molecule has 4 nitrogen and oxygen atoms in total. The summed E-state index contributed by atoms with van der Waals surface area (Å²) in [5.41, 5.74) is 8.09. The second-order valence-corrected chi connectivity index (χ2v) is 3.97. The van der Waals surface area contributed by atoms with Gasteiger partial charge in [0.05, 0.1) is 17.7 Å². The molecule has 0 aliphatic carbocycles. The Balaban J connectivity index is 2.27. The van der Waals surface area contributed by atoms with Gasteiger partial charge in [-0.15, -0.1) is 11.3 Å². The predicted octanol–water partition coefficient (Wildman–Crippen LogP) is 0.807. The monoisotopic (exact) mass is 213 g/mol. The second-order valence-electron chi connectivity index (χ2n) is 3.03. The lowest BCUT2D eigenvalue weighted by atomic mass is 10.3. The molecule has 0 atom stereocenters. The van der Waals surface area contributed by atoms with Crippen molar-refractivity contribution in [1.29, 1.82) is 0 Å². The van der Waals surface area contributed by atoms with Crippen molar-refractivity contribution in [3.8, 4) is 0 Å². The molecule has 1 aromatic heterocycles. The van der Waals surface area contributed by atoms with E-state index >= 15 is 0 Å². The number of carbonyl (C=O) groups is 1. The van der Waals surface area contributed by atoms with Gasteiger partial charge in [-0.1, -0.05) is 0 Å². The summed E-state index contributed by atoms with van der Waals surface area (Å²) in [5, 5.41) is 2.84. The molecule has 0 aliphatic heterocycles. The fourth-order valence-corrected chi connectivity index (χ4v) is 1.74. The summed E-state index contributed by atoms with van der Waals surface area (Å²) in [4.78, 5) is 16.4. The quantitative estimate of drug-likeness (QED) is 0.760. The molecule has 5 heteroatoms. The van der Waals surface area contributed by atoms with Crippen LogP contribution in [-0.4, -0.2) is 17.4 Å². The highest BCUT2D eigenvalue weighted by Crippen LogP contribution is 2.11. The van der Waals surface area contributed by atoms with Crippen molar-refractivity contribution in [1.82, 2.24) is 10.3 Å². The maximum atomic E-state index is 11.2. The standard InChI is InChI=1S/C9H15N3OS/c1-7-8(14-6-12-7)5-11-9(13)3-2-4-10/h6H,2-5,10H2,1H3,(H,11,13). The van der Waals surface area contributed by atoms with Crippen molar-refractivity contribution in [2.24, 2.45) is 5.73 Å². The topological polar surface area (TPSA) is 68.0 Å². The van der Waals surface area contributed by atoms with E-state index < -0.39 is 0 Å². The summed E-state index contributed by atoms with van der Waals surface area (Å²) in [6.07, 6.45) is 1.25. The van der Waals surface area contributed by atoms with Crippen LogP contribution in [0.1, 0.15) is 23.4 Å². The first kappa shape index (κ1) is 11.1. The Morgan fingerprint density at radius 3 is 3.07 bits per heavy atom. The number of rotatable bonds is 5. The first-order valence-corrected chi connectivity index (χ1v) is 5.47. The Bertz CT molecular complexity index is 298. The molecule has 0 saturated heterocycles. The molecular formula is C9H15N3OS. The number of carbonyl (C=O) groups excluding carboxylic acids is 1. The Labute approximate surface area is 87.5 Å². The zero-order valence-corrected chi connectivity index (χ0v) is 9.06. The van der Waals surface area contributed by atoms with Gasteiger partial charge < -0.3 is 11.1 Å². The first-order chi connectivity index (χ1) is 6.74. The summed E-state index contributed by atoms with van der Waals surface area (Å²) in [5.74, 6) is 0.0586. The van der Waals surface area contributed by atoms with Crippen molar-refractivity contribution in [3.63, 3.8) is 0 Å². The van der Waals surface area contributed by atoms with Crippen LogP contribution in [0.3, 0.4) is 0 Å². The molecule has 1 rings (SSSR count). The fraction of sp³-hybridized carbons (Fsp3) is 0.556. The Morgan fingerprint density at radius 2 is 2.50 bits per heavy atom.